The molecule has 138 valence electrons. The summed E-state index contributed by atoms with van der Waals surface area (Å²) < 4.78 is 15.7. The number of amides is 2. The highest BCUT2D eigenvalue weighted by molar-refractivity contribution is 6.43. The van der Waals surface area contributed by atoms with E-state index in [1.165, 1.54) is 21.3 Å². The molecular formula is C19H22N2O5. The Morgan fingerprint density at radius 2 is 1.46 bits per heavy atom. The fourth-order valence-electron chi connectivity index (χ4n) is 2.47. The number of para-hydroxylation sites is 1. The van der Waals surface area contributed by atoms with Crippen molar-refractivity contribution in [3.8, 4) is 17.2 Å². The highest BCUT2D eigenvalue weighted by atomic mass is 16.5. The lowest BCUT2D eigenvalue weighted by molar-refractivity contribution is -0.133. The third kappa shape index (κ3) is 4.24. The van der Waals surface area contributed by atoms with Gasteiger partial charge in [0.05, 0.1) is 21.3 Å². The number of methoxy groups -OCH3 is 3. The van der Waals surface area contributed by atoms with E-state index < -0.39 is 11.8 Å². The van der Waals surface area contributed by atoms with Gasteiger partial charge in [0.15, 0.2) is 11.5 Å². The molecule has 2 rings (SSSR count). The minimum absolute atomic E-state index is 0.350. The summed E-state index contributed by atoms with van der Waals surface area (Å²) in [7, 11) is 4.42. The van der Waals surface area contributed by atoms with Crippen LogP contribution >= 0.6 is 0 Å². The van der Waals surface area contributed by atoms with Crippen LogP contribution in [0.5, 0.6) is 17.2 Å². The van der Waals surface area contributed by atoms with Crippen LogP contribution < -0.4 is 24.8 Å². The summed E-state index contributed by atoms with van der Waals surface area (Å²) in [5.74, 6) is -0.420. The Kier molecular flexibility index (Phi) is 6.43. The van der Waals surface area contributed by atoms with Crippen LogP contribution in [-0.2, 0) is 16.0 Å². The molecule has 0 radical (unpaired) electrons. The van der Waals surface area contributed by atoms with Crippen LogP contribution in [0, 0.1) is 0 Å². The van der Waals surface area contributed by atoms with Crippen LogP contribution in [-0.4, -0.2) is 33.1 Å². The van der Waals surface area contributed by atoms with E-state index in [0.29, 0.717) is 28.6 Å². The molecule has 7 heteroatoms. The van der Waals surface area contributed by atoms with Crippen LogP contribution in [0.1, 0.15) is 12.5 Å². The molecule has 7 nitrogen and oxygen atoms in total. The molecular weight excluding hydrogens is 336 g/mol. The van der Waals surface area contributed by atoms with Gasteiger partial charge in [-0.2, -0.15) is 0 Å². The molecule has 0 aliphatic heterocycles. The van der Waals surface area contributed by atoms with E-state index in [1.54, 1.807) is 24.3 Å². The first kappa shape index (κ1) is 19.1. The lowest BCUT2D eigenvalue weighted by atomic mass is 10.1. The maximum absolute atomic E-state index is 12.2. The molecule has 2 aromatic rings. The summed E-state index contributed by atoms with van der Waals surface area (Å²) in [5.41, 5.74) is 1.91. The average Bonchev–Trinajstić information content (AvgIpc) is 2.67. The Labute approximate surface area is 152 Å². The van der Waals surface area contributed by atoms with Crippen LogP contribution in [0.25, 0.3) is 0 Å². The second kappa shape index (κ2) is 8.75. The number of nitrogens with one attached hydrogen (secondary N) is 2. The van der Waals surface area contributed by atoms with Crippen molar-refractivity contribution in [3.63, 3.8) is 0 Å². The Morgan fingerprint density at radius 1 is 0.885 bits per heavy atom. The number of ether oxygens (including phenoxy) is 3. The fraction of sp³-hybridized carbons (Fsp3) is 0.263. The summed E-state index contributed by atoms with van der Waals surface area (Å²) in [4.78, 5) is 24.4. The van der Waals surface area contributed by atoms with Crippen LogP contribution in [0.2, 0.25) is 0 Å². The van der Waals surface area contributed by atoms with Crippen molar-refractivity contribution in [3.05, 3.63) is 42.0 Å². The number of carbonyl (C=O) groups excluding carboxylic acids is 2. The van der Waals surface area contributed by atoms with Gasteiger partial charge in [-0.25, -0.2) is 0 Å². The minimum Gasteiger partial charge on any atom is -0.493 e. The number of benzene rings is 2. The van der Waals surface area contributed by atoms with Crippen molar-refractivity contribution in [2.45, 2.75) is 13.3 Å². The summed E-state index contributed by atoms with van der Waals surface area (Å²) >= 11 is 0. The normalized spacial score (nSPS) is 10.0. The van der Waals surface area contributed by atoms with Gasteiger partial charge >= 0.3 is 11.8 Å². The quantitative estimate of drug-likeness (QED) is 0.776. The molecule has 0 heterocycles. The fourth-order valence-corrected chi connectivity index (χ4v) is 2.47. The Hall–Kier alpha value is -3.22. The molecule has 0 aromatic heterocycles. The zero-order chi connectivity index (χ0) is 19.1. The topological polar surface area (TPSA) is 85.9 Å². The molecule has 26 heavy (non-hydrogen) atoms. The maximum atomic E-state index is 12.2. The van der Waals surface area contributed by atoms with Crippen molar-refractivity contribution < 1.29 is 23.8 Å². The molecule has 2 N–H and O–H groups in total. The zero-order valence-corrected chi connectivity index (χ0v) is 15.2. The third-order valence-corrected chi connectivity index (χ3v) is 3.78. The highest BCUT2D eigenvalue weighted by Crippen LogP contribution is 2.39. The van der Waals surface area contributed by atoms with Gasteiger partial charge < -0.3 is 24.8 Å². The van der Waals surface area contributed by atoms with E-state index in [9.17, 15) is 9.59 Å². The van der Waals surface area contributed by atoms with Gasteiger partial charge in [0, 0.05) is 23.5 Å². The Morgan fingerprint density at radius 3 is 2.00 bits per heavy atom. The predicted molar refractivity (Wildman–Crippen MR) is 99.2 cm³/mol. The van der Waals surface area contributed by atoms with E-state index in [4.69, 9.17) is 14.2 Å². The SMILES string of the molecule is CCc1ccccc1NC(=O)C(=O)Nc1cc(OC)c(OC)c(OC)c1. The number of anilines is 2. The maximum Gasteiger partial charge on any atom is 0.314 e. The second-order valence-electron chi connectivity index (χ2n) is 5.33. The number of aryl methyl sites for hydroxylation is 1. The predicted octanol–water partition coefficient (Wildman–Crippen LogP) is 2.85. The highest BCUT2D eigenvalue weighted by Gasteiger charge is 2.18. The monoisotopic (exact) mass is 358 g/mol. The number of hydrogen-bond acceptors (Lipinski definition) is 5. The summed E-state index contributed by atoms with van der Waals surface area (Å²) in [6.07, 6.45) is 0.741. The van der Waals surface area contributed by atoms with Gasteiger partial charge in [-0.1, -0.05) is 25.1 Å². The molecule has 0 bridgehead atoms. The van der Waals surface area contributed by atoms with Crippen molar-refractivity contribution in [1.82, 2.24) is 0 Å². The first-order valence-corrected chi connectivity index (χ1v) is 8.04. The van der Waals surface area contributed by atoms with E-state index >= 15 is 0 Å². The smallest absolute Gasteiger partial charge is 0.314 e. The van der Waals surface area contributed by atoms with Gasteiger partial charge in [-0.15, -0.1) is 0 Å². The average molecular weight is 358 g/mol. The second-order valence-corrected chi connectivity index (χ2v) is 5.33. The third-order valence-electron chi connectivity index (χ3n) is 3.78. The molecule has 0 saturated carbocycles. The van der Waals surface area contributed by atoms with Gasteiger partial charge in [-0.3, -0.25) is 9.59 Å². The van der Waals surface area contributed by atoms with Crippen LogP contribution in [0.15, 0.2) is 36.4 Å². The standard InChI is InChI=1S/C19H22N2O5/c1-5-12-8-6-7-9-14(12)21-19(23)18(22)20-13-10-15(24-2)17(26-4)16(11-13)25-3/h6-11H,5H2,1-4H3,(H,20,22)(H,21,23). The van der Waals surface area contributed by atoms with Gasteiger partial charge in [0.1, 0.15) is 0 Å². The summed E-state index contributed by atoms with van der Waals surface area (Å²) in [6.45, 7) is 1.97. The molecule has 0 saturated heterocycles. The van der Waals surface area contributed by atoms with Crippen LogP contribution in [0.4, 0.5) is 11.4 Å². The minimum atomic E-state index is -0.801. The molecule has 0 spiro atoms. The van der Waals surface area contributed by atoms with Crippen LogP contribution in [0.3, 0.4) is 0 Å². The van der Waals surface area contributed by atoms with Crippen molar-refractivity contribution in [1.29, 1.82) is 0 Å². The van der Waals surface area contributed by atoms with Gasteiger partial charge in [0.25, 0.3) is 0 Å². The largest absolute Gasteiger partial charge is 0.493 e. The van der Waals surface area contributed by atoms with Gasteiger partial charge in [-0.05, 0) is 18.1 Å². The lowest BCUT2D eigenvalue weighted by Gasteiger charge is -2.14. The lowest BCUT2D eigenvalue weighted by Crippen LogP contribution is -2.29. The summed E-state index contributed by atoms with van der Waals surface area (Å²) in [6, 6.07) is 10.4. The molecule has 2 aromatic carbocycles. The molecule has 0 fully saturated rings. The molecule has 0 unspecified atom stereocenters. The molecule has 0 aliphatic carbocycles. The molecule has 0 atom stereocenters. The Balaban J connectivity index is 2.17. The number of rotatable bonds is 6. The molecule has 2 amide bonds. The van der Waals surface area contributed by atoms with E-state index in [1.807, 2.05) is 19.1 Å². The van der Waals surface area contributed by atoms with Crippen molar-refractivity contribution in [2.24, 2.45) is 0 Å². The van der Waals surface area contributed by atoms with Crippen molar-refractivity contribution >= 4 is 23.2 Å². The summed E-state index contributed by atoms with van der Waals surface area (Å²) in [5, 5.41) is 5.16. The first-order chi connectivity index (χ1) is 12.5. The first-order valence-electron chi connectivity index (χ1n) is 8.04. The number of carbonyl (C=O) groups is 2. The molecule has 0 aliphatic rings. The van der Waals surface area contributed by atoms with E-state index in [0.717, 1.165) is 12.0 Å². The zero-order valence-electron chi connectivity index (χ0n) is 15.2. The number of hydrogen-bond donors (Lipinski definition) is 2. The van der Waals surface area contributed by atoms with Gasteiger partial charge in [0.2, 0.25) is 5.75 Å². The van der Waals surface area contributed by atoms with E-state index in [2.05, 4.69) is 10.6 Å². The van der Waals surface area contributed by atoms with E-state index in [-0.39, 0.29) is 0 Å². The van der Waals surface area contributed by atoms with Crippen molar-refractivity contribution in [2.75, 3.05) is 32.0 Å². The Bertz CT molecular complexity index is 779.